The summed E-state index contributed by atoms with van der Waals surface area (Å²) in [5, 5.41) is 0. The topological polar surface area (TPSA) is 29.3 Å². The maximum absolute atomic E-state index is 6.08. The van der Waals surface area contributed by atoms with Gasteiger partial charge < -0.3 is 5.73 Å². The first-order valence-electron chi connectivity index (χ1n) is 5.25. The van der Waals surface area contributed by atoms with Crippen LogP contribution in [0, 0.1) is 5.92 Å². The van der Waals surface area contributed by atoms with Crippen LogP contribution in [0.4, 0.5) is 0 Å². The van der Waals surface area contributed by atoms with E-state index in [1.807, 2.05) is 0 Å². The van der Waals surface area contributed by atoms with Crippen LogP contribution < -0.4 is 5.73 Å². The minimum absolute atomic E-state index is 0.227. The van der Waals surface area contributed by atoms with Gasteiger partial charge in [0.05, 0.1) is 0 Å². The van der Waals surface area contributed by atoms with Crippen molar-refractivity contribution in [2.75, 3.05) is 13.6 Å². The zero-order valence-electron chi connectivity index (χ0n) is 10.1. The van der Waals surface area contributed by atoms with E-state index in [0.717, 1.165) is 6.54 Å². The van der Waals surface area contributed by atoms with E-state index in [2.05, 4.69) is 46.6 Å². The molecule has 0 aromatic rings. The Morgan fingerprint density at radius 1 is 1.31 bits per heavy atom. The lowest BCUT2D eigenvalue weighted by Crippen LogP contribution is -2.47. The van der Waals surface area contributed by atoms with Gasteiger partial charge in [-0.05, 0) is 33.7 Å². The number of hydrogen-bond acceptors (Lipinski definition) is 2. The smallest absolute Gasteiger partial charge is 0.0193 e. The predicted molar refractivity (Wildman–Crippen MR) is 59.8 cm³/mol. The van der Waals surface area contributed by atoms with E-state index in [4.69, 9.17) is 5.73 Å². The second kappa shape index (κ2) is 4.97. The molecule has 2 atom stereocenters. The van der Waals surface area contributed by atoms with Gasteiger partial charge in [0, 0.05) is 18.1 Å². The van der Waals surface area contributed by atoms with E-state index in [1.165, 1.54) is 6.42 Å². The molecule has 0 aromatic heterocycles. The van der Waals surface area contributed by atoms with E-state index in [1.54, 1.807) is 0 Å². The molecule has 0 aromatic carbocycles. The summed E-state index contributed by atoms with van der Waals surface area (Å²) in [7, 11) is 2.14. The van der Waals surface area contributed by atoms with Crippen LogP contribution >= 0.6 is 0 Å². The maximum Gasteiger partial charge on any atom is 0.0193 e. The standard InChI is InChI=1S/C11H26N2/c1-7-9(2)10(12)8-13(6)11(3,4)5/h9-10H,7-8,12H2,1-6H3. The van der Waals surface area contributed by atoms with Crippen molar-refractivity contribution in [3.8, 4) is 0 Å². The lowest BCUT2D eigenvalue weighted by atomic mass is 9.97. The summed E-state index contributed by atoms with van der Waals surface area (Å²) >= 11 is 0. The summed E-state index contributed by atoms with van der Waals surface area (Å²) in [4.78, 5) is 2.32. The molecular weight excluding hydrogens is 160 g/mol. The number of nitrogens with two attached hydrogens (primary N) is 1. The van der Waals surface area contributed by atoms with Crippen molar-refractivity contribution in [2.45, 2.75) is 52.6 Å². The molecule has 13 heavy (non-hydrogen) atoms. The summed E-state index contributed by atoms with van der Waals surface area (Å²) in [6, 6.07) is 0.300. The molecule has 0 bridgehead atoms. The molecule has 0 aliphatic carbocycles. The van der Waals surface area contributed by atoms with Crippen LogP contribution in [0.5, 0.6) is 0 Å². The van der Waals surface area contributed by atoms with E-state index in [0.29, 0.717) is 12.0 Å². The average molecular weight is 186 g/mol. The highest BCUT2D eigenvalue weighted by molar-refractivity contribution is 4.79. The van der Waals surface area contributed by atoms with Gasteiger partial charge in [0.1, 0.15) is 0 Å². The number of nitrogens with zero attached hydrogens (tertiary/aromatic N) is 1. The van der Waals surface area contributed by atoms with Crippen molar-refractivity contribution in [3.63, 3.8) is 0 Å². The second-order valence-corrected chi connectivity index (χ2v) is 5.10. The van der Waals surface area contributed by atoms with Gasteiger partial charge in [0.15, 0.2) is 0 Å². The number of rotatable bonds is 4. The van der Waals surface area contributed by atoms with Gasteiger partial charge in [0.25, 0.3) is 0 Å². The molecule has 0 saturated heterocycles. The Morgan fingerprint density at radius 2 is 1.77 bits per heavy atom. The van der Waals surface area contributed by atoms with Crippen LogP contribution in [0.1, 0.15) is 41.0 Å². The summed E-state index contributed by atoms with van der Waals surface area (Å²) in [5.41, 5.74) is 6.31. The lowest BCUT2D eigenvalue weighted by Gasteiger charge is -2.35. The summed E-state index contributed by atoms with van der Waals surface area (Å²) in [6.45, 7) is 12.1. The third-order valence-electron chi connectivity index (χ3n) is 3.00. The van der Waals surface area contributed by atoms with Gasteiger partial charge in [-0.2, -0.15) is 0 Å². The van der Waals surface area contributed by atoms with Crippen molar-refractivity contribution in [1.29, 1.82) is 0 Å². The molecular formula is C11H26N2. The minimum Gasteiger partial charge on any atom is -0.326 e. The van der Waals surface area contributed by atoms with Crippen molar-refractivity contribution in [2.24, 2.45) is 11.7 Å². The van der Waals surface area contributed by atoms with Crippen LogP contribution in [0.25, 0.3) is 0 Å². The van der Waals surface area contributed by atoms with Crippen LogP contribution in [-0.2, 0) is 0 Å². The van der Waals surface area contributed by atoms with Gasteiger partial charge in [-0.15, -0.1) is 0 Å². The zero-order valence-corrected chi connectivity index (χ0v) is 10.1. The molecule has 0 saturated carbocycles. The largest absolute Gasteiger partial charge is 0.326 e. The summed E-state index contributed by atoms with van der Waals surface area (Å²) < 4.78 is 0. The minimum atomic E-state index is 0.227. The van der Waals surface area contributed by atoms with Crippen molar-refractivity contribution in [3.05, 3.63) is 0 Å². The Labute approximate surface area is 83.5 Å². The molecule has 2 heteroatoms. The van der Waals surface area contributed by atoms with Crippen molar-refractivity contribution < 1.29 is 0 Å². The van der Waals surface area contributed by atoms with Gasteiger partial charge in [-0.1, -0.05) is 20.3 Å². The first-order valence-corrected chi connectivity index (χ1v) is 5.25. The highest BCUT2D eigenvalue weighted by Crippen LogP contribution is 2.13. The quantitative estimate of drug-likeness (QED) is 0.728. The van der Waals surface area contributed by atoms with Crippen molar-refractivity contribution >= 4 is 0 Å². The molecule has 0 aliphatic rings. The molecule has 0 radical (unpaired) electrons. The number of likely N-dealkylation sites (N-methyl/N-ethyl adjacent to an activating group) is 1. The molecule has 0 spiro atoms. The average Bonchev–Trinajstić information content (AvgIpc) is 2.01. The lowest BCUT2D eigenvalue weighted by molar-refractivity contribution is 0.153. The van der Waals surface area contributed by atoms with E-state index < -0.39 is 0 Å². The Bertz CT molecular complexity index is 138. The molecule has 2 N–H and O–H groups in total. The summed E-state index contributed by atoms with van der Waals surface area (Å²) in [6.07, 6.45) is 1.17. The van der Waals surface area contributed by atoms with E-state index in [-0.39, 0.29) is 5.54 Å². The van der Waals surface area contributed by atoms with Crippen LogP contribution in [0.2, 0.25) is 0 Å². The fourth-order valence-corrected chi connectivity index (χ4v) is 1.07. The second-order valence-electron chi connectivity index (χ2n) is 5.10. The van der Waals surface area contributed by atoms with Crippen molar-refractivity contribution in [1.82, 2.24) is 4.90 Å². The van der Waals surface area contributed by atoms with E-state index >= 15 is 0 Å². The van der Waals surface area contributed by atoms with Gasteiger partial charge in [0.2, 0.25) is 0 Å². The molecule has 0 amide bonds. The Balaban J connectivity index is 3.98. The molecule has 0 rings (SSSR count). The molecule has 0 heterocycles. The predicted octanol–water partition coefficient (Wildman–Crippen LogP) is 2.09. The van der Waals surface area contributed by atoms with E-state index in [9.17, 15) is 0 Å². The van der Waals surface area contributed by atoms with Crippen LogP contribution in [0.15, 0.2) is 0 Å². The molecule has 2 nitrogen and oxygen atoms in total. The number of hydrogen-bond donors (Lipinski definition) is 1. The highest BCUT2D eigenvalue weighted by atomic mass is 15.2. The third-order valence-corrected chi connectivity index (χ3v) is 3.00. The SMILES string of the molecule is CCC(C)C(N)CN(C)C(C)(C)C. The Hall–Kier alpha value is -0.0800. The zero-order chi connectivity index (χ0) is 10.6. The van der Waals surface area contributed by atoms with Crippen LogP contribution in [0.3, 0.4) is 0 Å². The first kappa shape index (κ1) is 12.9. The molecule has 2 unspecified atom stereocenters. The van der Waals surface area contributed by atoms with Gasteiger partial charge in [-0.25, -0.2) is 0 Å². The van der Waals surface area contributed by atoms with Gasteiger partial charge >= 0.3 is 0 Å². The molecule has 0 aliphatic heterocycles. The summed E-state index contributed by atoms with van der Waals surface area (Å²) in [5.74, 6) is 0.616. The third kappa shape index (κ3) is 4.63. The molecule has 80 valence electrons. The Morgan fingerprint density at radius 3 is 2.08 bits per heavy atom. The fraction of sp³-hybridized carbons (Fsp3) is 1.00. The molecule has 0 fully saturated rings. The highest BCUT2D eigenvalue weighted by Gasteiger charge is 2.21. The Kier molecular flexibility index (Phi) is 4.93. The van der Waals surface area contributed by atoms with Gasteiger partial charge in [-0.3, -0.25) is 4.90 Å². The normalized spacial score (nSPS) is 17.5. The first-order chi connectivity index (χ1) is 5.79. The van der Waals surface area contributed by atoms with Crippen LogP contribution in [-0.4, -0.2) is 30.1 Å². The fourth-order valence-electron chi connectivity index (χ4n) is 1.07. The monoisotopic (exact) mass is 186 g/mol. The maximum atomic E-state index is 6.08.